The largest absolute Gasteiger partial charge is 0.485 e. The molecule has 9 heteroatoms. The van der Waals surface area contributed by atoms with Crippen molar-refractivity contribution in [3.63, 3.8) is 0 Å². The number of nitro groups is 1. The van der Waals surface area contributed by atoms with Crippen LogP contribution in [0.15, 0.2) is 71.8 Å². The molecule has 3 aromatic rings. The Balaban J connectivity index is 1.67. The molecule has 0 radical (unpaired) electrons. The molecule has 0 unspecified atom stereocenters. The Morgan fingerprint density at radius 2 is 1.58 bits per heavy atom. The van der Waals surface area contributed by atoms with E-state index in [-0.39, 0.29) is 18.0 Å². The van der Waals surface area contributed by atoms with E-state index >= 15 is 0 Å². The van der Waals surface area contributed by atoms with Gasteiger partial charge in [-0.25, -0.2) is 4.79 Å². The molecule has 0 atom stereocenters. The number of ether oxygens (including phenoxy) is 2. The van der Waals surface area contributed by atoms with Crippen molar-refractivity contribution in [2.75, 3.05) is 6.61 Å². The van der Waals surface area contributed by atoms with E-state index in [2.05, 4.69) is 5.10 Å². The normalized spacial score (nSPS) is 11.0. The number of carbonyl (C=O) groups excluding carboxylic acids is 2. The van der Waals surface area contributed by atoms with Gasteiger partial charge < -0.3 is 15.3 Å². The molecule has 2 N–H and O–H groups in total. The number of hydrazone groups is 1. The van der Waals surface area contributed by atoms with Gasteiger partial charge in [0.15, 0.2) is 6.61 Å². The predicted molar refractivity (Wildman–Crippen MR) is 122 cm³/mol. The smallest absolute Gasteiger partial charge is 0.343 e. The molecule has 0 spiro atoms. The van der Waals surface area contributed by atoms with E-state index in [1.165, 1.54) is 24.3 Å². The highest BCUT2D eigenvalue weighted by molar-refractivity contribution is 6.46. The number of hydrogen-bond acceptors (Lipinski definition) is 8. The van der Waals surface area contributed by atoms with Crippen LogP contribution >= 0.6 is 0 Å². The zero-order chi connectivity index (χ0) is 24.0. The standard InChI is InChI=1S/C24H21N3O6/c1-15-12-19(27(30)31)13-16(2)23(15)32-14-21(28)22(26-25)17-8-10-20(11-9-17)33-24(29)18-6-4-3-5-7-18/h3-13H,14,25H2,1-2H3/b26-22+. The van der Waals surface area contributed by atoms with Crippen LogP contribution in [0.5, 0.6) is 11.5 Å². The van der Waals surface area contributed by atoms with Gasteiger partial charge in [0.05, 0.1) is 10.5 Å². The number of ketones is 1. The average molecular weight is 447 g/mol. The molecule has 0 aliphatic rings. The number of nitrogens with zero attached hydrogens (tertiary/aromatic N) is 2. The predicted octanol–water partition coefficient (Wildman–Crippen LogP) is 3.74. The molecule has 0 heterocycles. The fraction of sp³-hybridized carbons (Fsp3) is 0.125. The van der Waals surface area contributed by atoms with Crippen molar-refractivity contribution in [2.45, 2.75) is 13.8 Å². The third kappa shape index (κ3) is 5.59. The van der Waals surface area contributed by atoms with E-state index in [4.69, 9.17) is 15.3 Å². The number of rotatable bonds is 8. The molecule has 3 rings (SSSR count). The molecule has 0 bridgehead atoms. The number of benzene rings is 3. The van der Waals surface area contributed by atoms with E-state index in [0.717, 1.165) is 0 Å². The van der Waals surface area contributed by atoms with Gasteiger partial charge in [0.25, 0.3) is 5.69 Å². The summed E-state index contributed by atoms with van der Waals surface area (Å²) in [6, 6.07) is 17.5. The summed E-state index contributed by atoms with van der Waals surface area (Å²) in [5.41, 5.74) is 1.82. The lowest BCUT2D eigenvalue weighted by Crippen LogP contribution is -2.24. The summed E-state index contributed by atoms with van der Waals surface area (Å²) < 4.78 is 10.9. The number of aryl methyl sites for hydroxylation is 2. The van der Waals surface area contributed by atoms with E-state index in [1.807, 2.05) is 0 Å². The molecular weight excluding hydrogens is 426 g/mol. The van der Waals surface area contributed by atoms with Gasteiger partial charge in [-0.15, -0.1) is 0 Å². The lowest BCUT2D eigenvalue weighted by Gasteiger charge is -2.12. The van der Waals surface area contributed by atoms with Crippen LogP contribution in [0.2, 0.25) is 0 Å². The molecule has 0 saturated carbocycles. The maximum atomic E-state index is 12.7. The number of Topliss-reactive ketones (excluding diaryl/α,β-unsaturated/α-hetero) is 1. The minimum Gasteiger partial charge on any atom is -0.485 e. The van der Waals surface area contributed by atoms with Gasteiger partial charge in [-0.05, 0) is 61.4 Å². The summed E-state index contributed by atoms with van der Waals surface area (Å²) in [4.78, 5) is 35.3. The molecular formula is C24H21N3O6. The van der Waals surface area contributed by atoms with Gasteiger partial charge in [-0.1, -0.05) is 18.2 Å². The third-order valence-electron chi connectivity index (χ3n) is 4.74. The summed E-state index contributed by atoms with van der Waals surface area (Å²) in [5.74, 6) is 5.12. The fourth-order valence-electron chi connectivity index (χ4n) is 3.20. The number of nitro benzene ring substituents is 1. The molecule has 3 aromatic carbocycles. The Labute approximate surface area is 189 Å². The SMILES string of the molecule is Cc1cc([N+](=O)[O-])cc(C)c1OCC(=O)/C(=N/N)c1ccc(OC(=O)c2ccccc2)cc1. The summed E-state index contributed by atoms with van der Waals surface area (Å²) in [7, 11) is 0. The maximum Gasteiger partial charge on any atom is 0.343 e. The Morgan fingerprint density at radius 1 is 0.970 bits per heavy atom. The molecule has 0 aromatic heterocycles. The van der Waals surface area contributed by atoms with E-state index in [9.17, 15) is 19.7 Å². The molecule has 168 valence electrons. The van der Waals surface area contributed by atoms with Gasteiger partial charge in [0.1, 0.15) is 17.2 Å². The van der Waals surface area contributed by atoms with Gasteiger partial charge >= 0.3 is 5.97 Å². The molecule has 9 nitrogen and oxygen atoms in total. The van der Waals surface area contributed by atoms with E-state index < -0.39 is 16.7 Å². The average Bonchev–Trinajstić information content (AvgIpc) is 2.80. The molecule has 33 heavy (non-hydrogen) atoms. The van der Waals surface area contributed by atoms with E-state index in [1.54, 1.807) is 56.3 Å². The highest BCUT2D eigenvalue weighted by Crippen LogP contribution is 2.28. The first kappa shape index (κ1) is 23.1. The fourth-order valence-corrected chi connectivity index (χ4v) is 3.20. The van der Waals surface area contributed by atoms with E-state index in [0.29, 0.717) is 33.8 Å². The van der Waals surface area contributed by atoms with Crippen LogP contribution in [0.1, 0.15) is 27.0 Å². The molecule has 0 aliphatic heterocycles. The Bertz CT molecular complexity index is 1200. The summed E-state index contributed by atoms with van der Waals surface area (Å²) in [6.45, 7) is 2.96. The van der Waals surface area contributed by atoms with Crippen LogP contribution in [0.4, 0.5) is 5.69 Å². The van der Waals surface area contributed by atoms with Crippen molar-refractivity contribution in [1.82, 2.24) is 0 Å². The first-order valence-electron chi connectivity index (χ1n) is 9.87. The zero-order valence-electron chi connectivity index (χ0n) is 18.0. The molecule has 0 aliphatic carbocycles. The van der Waals surface area contributed by atoms with Crippen LogP contribution in [0, 0.1) is 24.0 Å². The van der Waals surface area contributed by atoms with Crippen LogP contribution < -0.4 is 15.3 Å². The van der Waals surface area contributed by atoms with Crippen molar-refractivity contribution in [3.05, 3.63) is 99.1 Å². The van der Waals surface area contributed by atoms with Crippen molar-refractivity contribution >= 4 is 23.2 Å². The topological polar surface area (TPSA) is 134 Å². The number of carbonyl (C=O) groups is 2. The first-order valence-corrected chi connectivity index (χ1v) is 9.87. The number of esters is 1. The molecule has 0 saturated heterocycles. The lowest BCUT2D eigenvalue weighted by atomic mass is 10.1. The van der Waals surface area contributed by atoms with Crippen molar-refractivity contribution in [2.24, 2.45) is 10.9 Å². The molecule has 0 fully saturated rings. The minimum absolute atomic E-state index is 0.0202. The second kappa shape index (κ2) is 10.2. The zero-order valence-corrected chi connectivity index (χ0v) is 18.0. The van der Waals surface area contributed by atoms with Crippen molar-refractivity contribution < 1.29 is 24.0 Å². The van der Waals surface area contributed by atoms with Gasteiger partial charge in [-0.3, -0.25) is 14.9 Å². The van der Waals surface area contributed by atoms with Crippen molar-refractivity contribution in [3.8, 4) is 11.5 Å². The molecule has 0 amide bonds. The number of hydrogen-bond donors (Lipinski definition) is 1. The summed E-state index contributed by atoms with van der Waals surface area (Å²) >= 11 is 0. The quantitative estimate of drug-likeness (QED) is 0.139. The summed E-state index contributed by atoms with van der Waals surface area (Å²) in [5, 5.41) is 14.6. The van der Waals surface area contributed by atoms with Gasteiger partial charge in [0, 0.05) is 17.7 Å². The number of non-ortho nitro benzene ring substituents is 1. The Hall–Kier alpha value is -4.53. The first-order chi connectivity index (χ1) is 15.8. The Kier molecular flexibility index (Phi) is 7.14. The van der Waals surface area contributed by atoms with Crippen LogP contribution in [-0.2, 0) is 4.79 Å². The highest BCUT2D eigenvalue weighted by Gasteiger charge is 2.18. The minimum atomic E-state index is -0.505. The van der Waals surface area contributed by atoms with Crippen molar-refractivity contribution in [1.29, 1.82) is 0 Å². The monoisotopic (exact) mass is 447 g/mol. The Morgan fingerprint density at radius 3 is 2.12 bits per heavy atom. The van der Waals surface area contributed by atoms with Gasteiger partial charge in [0.2, 0.25) is 5.78 Å². The van der Waals surface area contributed by atoms with Gasteiger partial charge in [-0.2, -0.15) is 5.10 Å². The second-order valence-electron chi connectivity index (χ2n) is 7.14. The number of nitrogens with two attached hydrogens (primary N) is 1. The maximum absolute atomic E-state index is 12.7. The van der Waals surface area contributed by atoms with Crippen LogP contribution in [0.25, 0.3) is 0 Å². The van der Waals surface area contributed by atoms with Crippen LogP contribution in [-0.4, -0.2) is 29.0 Å². The second-order valence-corrected chi connectivity index (χ2v) is 7.14. The van der Waals surface area contributed by atoms with Crippen LogP contribution in [0.3, 0.4) is 0 Å². The summed E-state index contributed by atoms with van der Waals surface area (Å²) in [6.07, 6.45) is 0. The highest BCUT2D eigenvalue weighted by atomic mass is 16.6. The third-order valence-corrected chi connectivity index (χ3v) is 4.74. The lowest BCUT2D eigenvalue weighted by molar-refractivity contribution is -0.385.